The molecule has 0 saturated carbocycles. The molecule has 23 heavy (non-hydrogen) atoms. The number of amides is 2. The molecule has 0 radical (unpaired) electrons. The minimum Gasteiger partial charge on any atom is -0.465 e. The molecule has 0 aliphatic carbocycles. The van der Waals surface area contributed by atoms with Gasteiger partial charge in [-0.3, -0.25) is 9.59 Å². The SMILES string of the molecule is COC(=O)c1ccc(Cl)c(N(CCNC(=O)C(C)C)C(C)=O)c1. The number of methoxy groups -OCH3 is 1. The smallest absolute Gasteiger partial charge is 0.337 e. The fourth-order valence-electron chi connectivity index (χ4n) is 1.91. The van der Waals surface area contributed by atoms with Crippen molar-refractivity contribution in [1.29, 1.82) is 0 Å². The average Bonchev–Trinajstić information content (AvgIpc) is 2.51. The highest BCUT2D eigenvalue weighted by molar-refractivity contribution is 6.34. The fraction of sp³-hybridized carbons (Fsp3) is 0.438. The molecule has 0 aliphatic heterocycles. The number of esters is 1. The van der Waals surface area contributed by atoms with E-state index in [0.29, 0.717) is 16.3 Å². The summed E-state index contributed by atoms with van der Waals surface area (Å²) in [6, 6.07) is 4.56. The van der Waals surface area contributed by atoms with Crippen molar-refractivity contribution in [1.82, 2.24) is 5.32 Å². The Morgan fingerprint density at radius 3 is 2.48 bits per heavy atom. The molecule has 2 amide bonds. The lowest BCUT2D eigenvalue weighted by Crippen LogP contribution is -2.39. The second kappa shape index (κ2) is 8.53. The van der Waals surface area contributed by atoms with E-state index >= 15 is 0 Å². The van der Waals surface area contributed by atoms with Crippen LogP contribution >= 0.6 is 11.6 Å². The lowest BCUT2D eigenvalue weighted by molar-refractivity contribution is -0.124. The van der Waals surface area contributed by atoms with Crippen molar-refractivity contribution in [3.8, 4) is 0 Å². The molecule has 0 unspecified atom stereocenters. The van der Waals surface area contributed by atoms with Gasteiger partial charge in [0.2, 0.25) is 11.8 Å². The topological polar surface area (TPSA) is 75.7 Å². The van der Waals surface area contributed by atoms with E-state index in [9.17, 15) is 14.4 Å². The third-order valence-electron chi connectivity index (χ3n) is 3.20. The molecule has 126 valence electrons. The molecule has 0 heterocycles. The first-order valence-electron chi connectivity index (χ1n) is 7.21. The number of nitrogens with zero attached hydrogens (tertiary/aromatic N) is 1. The number of halogens is 1. The van der Waals surface area contributed by atoms with Crippen LogP contribution in [0.3, 0.4) is 0 Å². The first-order chi connectivity index (χ1) is 10.8. The summed E-state index contributed by atoms with van der Waals surface area (Å²) in [7, 11) is 1.28. The normalized spacial score (nSPS) is 10.3. The van der Waals surface area contributed by atoms with Crippen molar-refractivity contribution in [3.05, 3.63) is 28.8 Å². The summed E-state index contributed by atoms with van der Waals surface area (Å²) in [5.74, 6) is -0.984. The van der Waals surface area contributed by atoms with Crippen LogP contribution in [0.15, 0.2) is 18.2 Å². The number of hydrogen-bond donors (Lipinski definition) is 1. The Bertz CT molecular complexity index is 602. The molecule has 7 heteroatoms. The summed E-state index contributed by atoms with van der Waals surface area (Å²) >= 11 is 6.14. The van der Waals surface area contributed by atoms with Crippen LogP contribution in [0.4, 0.5) is 5.69 Å². The number of carbonyl (C=O) groups is 3. The number of nitrogens with one attached hydrogen (secondary N) is 1. The molecule has 0 spiro atoms. The molecular formula is C16H21ClN2O4. The third-order valence-corrected chi connectivity index (χ3v) is 3.52. The van der Waals surface area contributed by atoms with Crippen molar-refractivity contribution < 1.29 is 19.1 Å². The van der Waals surface area contributed by atoms with Crippen LogP contribution in [0.5, 0.6) is 0 Å². The zero-order valence-electron chi connectivity index (χ0n) is 13.7. The zero-order chi connectivity index (χ0) is 17.6. The maximum atomic E-state index is 11.9. The van der Waals surface area contributed by atoms with E-state index in [-0.39, 0.29) is 30.8 Å². The summed E-state index contributed by atoms with van der Waals surface area (Å²) in [4.78, 5) is 36.5. The Labute approximate surface area is 140 Å². The summed E-state index contributed by atoms with van der Waals surface area (Å²) in [5.41, 5.74) is 0.699. The molecular weight excluding hydrogens is 320 g/mol. The largest absolute Gasteiger partial charge is 0.465 e. The molecule has 0 bridgehead atoms. The van der Waals surface area contributed by atoms with Gasteiger partial charge in [0.25, 0.3) is 0 Å². The lowest BCUT2D eigenvalue weighted by Gasteiger charge is -2.23. The molecule has 1 aromatic carbocycles. The van der Waals surface area contributed by atoms with Crippen molar-refractivity contribution >= 4 is 35.1 Å². The molecule has 0 aromatic heterocycles. The average molecular weight is 341 g/mol. The van der Waals surface area contributed by atoms with E-state index in [4.69, 9.17) is 11.6 Å². The summed E-state index contributed by atoms with van der Waals surface area (Å²) in [6.07, 6.45) is 0. The van der Waals surface area contributed by atoms with Crippen LogP contribution in [0, 0.1) is 5.92 Å². The van der Waals surface area contributed by atoms with Crippen molar-refractivity contribution in [2.75, 3.05) is 25.1 Å². The number of rotatable bonds is 6. The van der Waals surface area contributed by atoms with E-state index in [1.165, 1.54) is 37.1 Å². The quantitative estimate of drug-likeness (QED) is 0.806. The highest BCUT2D eigenvalue weighted by Gasteiger charge is 2.18. The minimum absolute atomic E-state index is 0.0945. The van der Waals surface area contributed by atoms with Crippen molar-refractivity contribution in [3.63, 3.8) is 0 Å². The number of anilines is 1. The molecule has 0 saturated heterocycles. The Balaban J connectivity index is 2.95. The summed E-state index contributed by atoms with van der Waals surface area (Å²) in [6.45, 7) is 5.50. The van der Waals surface area contributed by atoms with Gasteiger partial charge in [-0.25, -0.2) is 4.79 Å². The number of hydrogen-bond acceptors (Lipinski definition) is 4. The van der Waals surface area contributed by atoms with Gasteiger partial charge < -0.3 is 15.0 Å². The van der Waals surface area contributed by atoms with Gasteiger partial charge >= 0.3 is 5.97 Å². The standard InChI is InChI=1S/C16H21ClN2O4/c1-10(2)15(21)18-7-8-19(11(3)20)14-9-12(16(22)23-4)5-6-13(14)17/h5-6,9-10H,7-8H2,1-4H3,(H,18,21). The van der Waals surface area contributed by atoms with Gasteiger partial charge in [0.1, 0.15) is 0 Å². The van der Waals surface area contributed by atoms with Crippen LogP contribution < -0.4 is 10.2 Å². The predicted octanol–water partition coefficient (Wildman–Crippen LogP) is 2.25. The van der Waals surface area contributed by atoms with E-state index in [1.807, 2.05) is 0 Å². The van der Waals surface area contributed by atoms with Crippen LogP contribution in [0.2, 0.25) is 5.02 Å². The number of benzene rings is 1. The van der Waals surface area contributed by atoms with Gasteiger partial charge in [-0.1, -0.05) is 25.4 Å². The second-order valence-electron chi connectivity index (χ2n) is 5.27. The highest BCUT2D eigenvalue weighted by Crippen LogP contribution is 2.27. The Hall–Kier alpha value is -2.08. The molecule has 0 atom stereocenters. The van der Waals surface area contributed by atoms with Crippen LogP contribution in [-0.4, -0.2) is 38.0 Å². The zero-order valence-corrected chi connectivity index (χ0v) is 14.4. The Morgan fingerprint density at radius 1 is 1.30 bits per heavy atom. The maximum Gasteiger partial charge on any atom is 0.337 e. The number of ether oxygens (including phenoxy) is 1. The molecule has 0 aliphatic rings. The van der Waals surface area contributed by atoms with Crippen LogP contribution in [0.1, 0.15) is 31.1 Å². The van der Waals surface area contributed by atoms with Gasteiger partial charge in [0.15, 0.2) is 0 Å². The van der Waals surface area contributed by atoms with E-state index in [0.717, 1.165) is 0 Å². The Morgan fingerprint density at radius 2 is 1.96 bits per heavy atom. The molecule has 6 nitrogen and oxygen atoms in total. The van der Waals surface area contributed by atoms with E-state index in [2.05, 4.69) is 10.1 Å². The molecule has 1 aromatic rings. The number of carbonyl (C=O) groups excluding carboxylic acids is 3. The van der Waals surface area contributed by atoms with Gasteiger partial charge in [0.05, 0.1) is 23.4 Å². The van der Waals surface area contributed by atoms with Gasteiger partial charge in [0, 0.05) is 25.9 Å². The van der Waals surface area contributed by atoms with Crippen LogP contribution in [0.25, 0.3) is 0 Å². The lowest BCUT2D eigenvalue weighted by atomic mass is 10.2. The monoisotopic (exact) mass is 340 g/mol. The maximum absolute atomic E-state index is 11.9. The first kappa shape index (κ1) is 19.0. The first-order valence-corrected chi connectivity index (χ1v) is 7.59. The van der Waals surface area contributed by atoms with E-state index in [1.54, 1.807) is 13.8 Å². The van der Waals surface area contributed by atoms with Gasteiger partial charge in [-0.2, -0.15) is 0 Å². The predicted molar refractivity (Wildman–Crippen MR) is 88.7 cm³/mol. The second-order valence-corrected chi connectivity index (χ2v) is 5.68. The summed E-state index contributed by atoms with van der Waals surface area (Å²) in [5, 5.41) is 3.07. The van der Waals surface area contributed by atoms with Crippen molar-refractivity contribution in [2.24, 2.45) is 5.92 Å². The minimum atomic E-state index is -0.514. The fourth-order valence-corrected chi connectivity index (χ4v) is 2.13. The van der Waals surface area contributed by atoms with Crippen molar-refractivity contribution in [2.45, 2.75) is 20.8 Å². The Kier molecular flexibility index (Phi) is 7.03. The summed E-state index contributed by atoms with van der Waals surface area (Å²) < 4.78 is 4.67. The van der Waals surface area contributed by atoms with Gasteiger partial charge in [-0.05, 0) is 18.2 Å². The van der Waals surface area contributed by atoms with Gasteiger partial charge in [-0.15, -0.1) is 0 Å². The van der Waals surface area contributed by atoms with Crippen LogP contribution in [-0.2, 0) is 14.3 Å². The molecule has 1 rings (SSSR count). The van der Waals surface area contributed by atoms with E-state index < -0.39 is 5.97 Å². The molecule has 1 N–H and O–H groups in total. The molecule has 0 fully saturated rings. The third kappa shape index (κ3) is 5.25. The highest BCUT2D eigenvalue weighted by atomic mass is 35.5.